The Hall–Kier alpha value is -0.990. The van der Waals surface area contributed by atoms with Crippen molar-refractivity contribution in [3.05, 3.63) is 0 Å². The van der Waals surface area contributed by atoms with Crippen LogP contribution in [0.1, 0.15) is 0 Å². The number of amides is 2. The molecule has 1 saturated heterocycles. The highest BCUT2D eigenvalue weighted by Gasteiger charge is 2.34. The number of rotatable bonds is 5. The monoisotopic (exact) mass is 292 g/mol. The number of urea groups is 1. The fourth-order valence-corrected chi connectivity index (χ4v) is 2.93. The normalized spacial score (nSPS) is 21.0. The fourth-order valence-electron chi connectivity index (χ4n) is 1.90. The quantitative estimate of drug-likeness (QED) is 0.713. The molecule has 1 rings (SSSR count). The molecule has 0 aromatic rings. The van der Waals surface area contributed by atoms with E-state index in [0.29, 0.717) is 12.3 Å². The van der Waals surface area contributed by atoms with Crippen LogP contribution in [0.5, 0.6) is 0 Å². The van der Waals surface area contributed by atoms with E-state index in [1.54, 1.807) is 7.05 Å². The highest BCUT2D eigenvalue weighted by atomic mass is 32.2. The minimum absolute atomic E-state index is 0.114. The van der Waals surface area contributed by atoms with Gasteiger partial charge in [-0.1, -0.05) is 0 Å². The first-order valence-corrected chi connectivity index (χ1v) is 7.12. The summed E-state index contributed by atoms with van der Waals surface area (Å²) < 4.78 is 4.79. The molecular formula is C11H20N2O5S. The van der Waals surface area contributed by atoms with Crippen molar-refractivity contribution in [2.75, 3.05) is 45.4 Å². The minimum atomic E-state index is -0.994. The zero-order valence-corrected chi connectivity index (χ0v) is 11.9. The number of carbonyl (C=O) groups is 2. The van der Waals surface area contributed by atoms with Gasteiger partial charge in [0.25, 0.3) is 0 Å². The zero-order chi connectivity index (χ0) is 14.4. The number of thioether (sulfide) groups is 1. The van der Waals surface area contributed by atoms with Crippen LogP contribution in [0, 0.1) is 0 Å². The van der Waals surface area contributed by atoms with Gasteiger partial charge in [0.2, 0.25) is 0 Å². The van der Waals surface area contributed by atoms with Crippen molar-refractivity contribution < 1.29 is 24.5 Å². The van der Waals surface area contributed by atoms with E-state index in [4.69, 9.17) is 9.84 Å². The van der Waals surface area contributed by atoms with Gasteiger partial charge >= 0.3 is 12.0 Å². The Morgan fingerprint density at radius 1 is 1.58 bits per heavy atom. The lowest BCUT2D eigenvalue weighted by Crippen LogP contribution is -2.55. The molecule has 1 aliphatic rings. The molecule has 0 spiro atoms. The summed E-state index contributed by atoms with van der Waals surface area (Å²) in [5.74, 6) is 0.130. The van der Waals surface area contributed by atoms with Crippen LogP contribution in [0.4, 0.5) is 4.79 Å². The third-order valence-corrected chi connectivity index (χ3v) is 3.85. The Morgan fingerprint density at radius 3 is 2.84 bits per heavy atom. The number of aliphatic hydroxyl groups excluding tert-OH is 1. The summed E-state index contributed by atoms with van der Waals surface area (Å²) in [7, 11) is 3.01. The number of carboxylic acids is 1. The molecule has 0 aliphatic carbocycles. The van der Waals surface area contributed by atoms with Crippen LogP contribution in [0.2, 0.25) is 0 Å². The Balaban J connectivity index is 2.60. The van der Waals surface area contributed by atoms with E-state index < -0.39 is 18.1 Å². The summed E-state index contributed by atoms with van der Waals surface area (Å²) in [4.78, 5) is 26.0. The van der Waals surface area contributed by atoms with Crippen LogP contribution in [0.25, 0.3) is 0 Å². The minimum Gasteiger partial charge on any atom is -0.480 e. The number of methoxy groups -OCH3 is 1. The number of ether oxygens (including phenoxy) is 1. The zero-order valence-electron chi connectivity index (χ0n) is 11.1. The summed E-state index contributed by atoms with van der Waals surface area (Å²) >= 11 is 1.52. The summed E-state index contributed by atoms with van der Waals surface area (Å²) in [6.45, 7) is 0.656. The van der Waals surface area contributed by atoms with Gasteiger partial charge in [-0.2, -0.15) is 11.8 Å². The number of nitrogens with zero attached hydrogens (tertiary/aromatic N) is 2. The predicted octanol–water partition coefficient (Wildman–Crippen LogP) is -0.452. The third kappa shape index (κ3) is 4.55. The molecule has 1 aliphatic heterocycles. The van der Waals surface area contributed by atoms with E-state index in [0.717, 1.165) is 5.75 Å². The maximum atomic E-state index is 12.2. The summed E-state index contributed by atoms with van der Waals surface area (Å²) in [5, 5.41) is 18.7. The van der Waals surface area contributed by atoms with Gasteiger partial charge in [-0.25, -0.2) is 9.59 Å². The number of hydrogen-bond acceptors (Lipinski definition) is 5. The molecule has 8 heteroatoms. The lowest BCUT2D eigenvalue weighted by molar-refractivity contribution is -0.141. The second kappa shape index (κ2) is 7.56. The molecule has 2 atom stereocenters. The van der Waals surface area contributed by atoms with E-state index >= 15 is 0 Å². The van der Waals surface area contributed by atoms with Gasteiger partial charge in [-0.3, -0.25) is 0 Å². The Labute approximate surface area is 116 Å². The van der Waals surface area contributed by atoms with Crippen molar-refractivity contribution in [3.8, 4) is 0 Å². The van der Waals surface area contributed by atoms with Crippen molar-refractivity contribution in [1.82, 2.24) is 9.80 Å². The predicted molar refractivity (Wildman–Crippen MR) is 71.4 cm³/mol. The van der Waals surface area contributed by atoms with Gasteiger partial charge in [-0.05, 0) is 0 Å². The first-order valence-electron chi connectivity index (χ1n) is 5.96. The van der Waals surface area contributed by atoms with Crippen LogP contribution in [0.15, 0.2) is 0 Å². The summed E-state index contributed by atoms with van der Waals surface area (Å²) in [6, 6.07) is -1.17. The van der Waals surface area contributed by atoms with Gasteiger partial charge in [-0.15, -0.1) is 0 Å². The Kier molecular flexibility index (Phi) is 6.40. The largest absolute Gasteiger partial charge is 0.480 e. The van der Waals surface area contributed by atoms with Crippen molar-refractivity contribution in [3.63, 3.8) is 0 Å². The molecule has 0 bridgehead atoms. The summed E-state index contributed by atoms with van der Waals surface area (Å²) in [6.07, 6.45) is -0.776. The first kappa shape index (κ1) is 16.1. The van der Waals surface area contributed by atoms with E-state index in [1.165, 1.54) is 28.7 Å². The number of carboxylic acid groups (broad SMARTS) is 1. The van der Waals surface area contributed by atoms with E-state index in [2.05, 4.69) is 0 Å². The van der Waals surface area contributed by atoms with Gasteiger partial charge in [0.15, 0.2) is 0 Å². The van der Waals surface area contributed by atoms with Crippen molar-refractivity contribution in [1.29, 1.82) is 0 Å². The highest BCUT2D eigenvalue weighted by Crippen LogP contribution is 2.18. The molecule has 0 saturated carbocycles. The smallest absolute Gasteiger partial charge is 0.327 e. The Morgan fingerprint density at radius 2 is 2.26 bits per heavy atom. The maximum absolute atomic E-state index is 12.2. The molecule has 7 nitrogen and oxygen atoms in total. The molecule has 0 radical (unpaired) electrons. The van der Waals surface area contributed by atoms with E-state index in [9.17, 15) is 14.7 Å². The van der Waals surface area contributed by atoms with Crippen LogP contribution in [0.3, 0.4) is 0 Å². The van der Waals surface area contributed by atoms with Crippen LogP contribution in [-0.4, -0.2) is 89.5 Å². The van der Waals surface area contributed by atoms with Crippen LogP contribution < -0.4 is 0 Å². The van der Waals surface area contributed by atoms with Gasteiger partial charge < -0.3 is 24.7 Å². The van der Waals surface area contributed by atoms with Crippen molar-refractivity contribution in [2.45, 2.75) is 12.1 Å². The lowest BCUT2D eigenvalue weighted by Gasteiger charge is -2.35. The molecular weight excluding hydrogens is 272 g/mol. The molecule has 0 aromatic carbocycles. The van der Waals surface area contributed by atoms with Gasteiger partial charge in [0, 0.05) is 32.2 Å². The maximum Gasteiger partial charge on any atom is 0.327 e. The van der Waals surface area contributed by atoms with Gasteiger partial charge in [0.1, 0.15) is 6.04 Å². The molecule has 1 fully saturated rings. The molecule has 19 heavy (non-hydrogen) atoms. The fraction of sp³-hybridized carbons (Fsp3) is 0.818. The average Bonchev–Trinajstić information content (AvgIpc) is 2.37. The molecule has 2 unspecified atom stereocenters. The van der Waals surface area contributed by atoms with E-state index in [1.807, 2.05) is 0 Å². The van der Waals surface area contributed by atoms with Crippen LogP contribution in [-0.2, 0) is 9.53 Å². The van der Waals surface area contributed by atoms with Crippen molar-refractivity contribution >= 4 is 23.8 Å². The SMILES string of the molecule is COCC(O)CN(C)C(=O)N1CCSCC1C(=O)O. The number of aliphatic carboxylic acids is 1. The number of likely N-dealkylation sites (N-methyl/N-ethyl adjacent to an activating group) is 1. The molecule has 2 N–H and O–H groups in total. The average molecular weight is 292 g/mol. The third-order valence-electron chi connectivity index (χ3n) is 2.83. The van der Waals surface area contributed by atoms with Crippen molar-refractivity contribution in [2.24, 2.45) is 0 Å². The molecule has 1 heterocycles. The first-order chi connectivity index (χ1) is 8.97. The lowest BCUT2D eigenvalue weighted by atomic mass is 10.3. The highest BCUT2D eigenvalue weighted by molar-refractivity contribution is 7.99. The standard InChI is InChI=1S/C11H20N2O5S/c1-12(5-8(14)6-18-2)11(17)13-3-4-19-7-9(13)10(15)16/h8-9,14H,3-7H2,1-2H3,(H,15,16). The summed E-state index contributed by atoms with van der Waals surface area (Å²) in [5.41, 5.74) is 0. The topological polar surface area (TPSA) is 90.3 Å². The number of carbonyl (C=O) groups excluding carboxylic acids is 1. The molecule has 2 amide bonds. The van der Waals surface area contributed by atoms with Gasteiger partial charge in [0.05, 0.1) is 19.3 Å². The second-order valence-corrected chi connectivity index (χ2v) is 5.54. The number of hydrogen-bond donors (Lipinski definition) is 2. The number of aliphatic hydroxyl groups is 1. The van der Waals surface area contributed by atoms with E-state index in [-0.39, 0.29) is 19.2 Å². The molecule has 110 valence electrons. The van der Waals surface area contributed by atoms with Crippen LogP contribution >= 0.6 is 11.8 Å². The second-order valence-electron chi connectivity index (χ2n) is 4.39. The Bertz CT molecular complexity index is 328. The molecule has 0 aromatic heterocycles.